The predicted octanol–water partition coefficient (Wildman–Crippen LogP) is 3.48. The molecule has 2 N–H and O–H groups in total. The third kappa shape index (κ3) is 4.02. The first-order valence-electron chi connectivity index (χ1n) is 9.32. The van der Waals surface area contributed by atoms with Crippen LogP contribution in [0, 0.1) is 12.3 Å². The molecule has 2 unspecified atom stereocenters. The highest BCUT2D eigenvalue weighted by Gasteiger charge is 2.44. The minimum absolute atomic E-state index is 0.204. The lowest BCUT2D eigenvalue weighted by molar-refractivity contribution is -0.147. The predicted molar refractivity (Wildman–Crippen MR) is 107 cm³/mol. The van der Waals surface area contributed by atoms with E-state index in [1.54, 1.807) is 14.0 Å². The van der Waals surface area contributed by atoms with Gasteiger partial charge in [0.25, 0.3) is 0 Å². The molecule has 2 aromatic rings. The van der Waals surface area contributed by atoms with Crippen LogP contribution in [0.4, 0.5) is 5.69 Å². The van der Waals surface area contributed by atoms with Gasteiger partial charge in [0.1, 0.15) is 11.8 Å². The number of aryl methyl sites for hydroxylation is 1. The molecule has 0 aromatic heterocycles. The fraction of sp³-hybridized carbons (Fsp3) is 0.364. The SMILES string of the molecule is COc1ccc(C)cc1NC(=O)C(c1ccccc1)N1CCC(C)(C(=O)O)C1. The summed E-state index contributed by atoms with van der Waals surface area (Å²) < 4.78 is 5.37. The number of carboxylic acids is 1. The van der Waals surface area contributed by atoms with E-state index in [2.05, 4.69) is 5.32 Å². The van der Waals surface area contributed by atoms with Crippen LogP contribution in [0.25, 0.3) is 0 Å². The molecule has 6 nitrogen and oxygen atoms in total. The lowest BCUT2D eigenvalue weighted by Gasteiger charge is -2.28. The van der Waals surface area contributed by atoms with E-state index in [4.69, 9.17) is 4.74 Å². The second-order valence-electron chi connectivity index (χ2n) is 7.59. The minimum atomic E-state index is -0.853. The number of methoxy groups -OCH3 is 1. The van der Waals surface area contributed by atoms with E-state index in [0.717, 1.165) is 11.1 Å². The first kappa shape index (κ1) is 19.9. The molecule has 0 bridgehead atoms. The Kier molecular flexibility index (Phi) is 5.70. The maximum atomic E-state index is 13.3. The fourth-order valence-corrected chi connectivity index (χ4v) is 3.68. The molecule has 1 heterocycles. The van der Waals surface area contributed by atoms with Gasteiger partial charge in [-0.2, -0.15) is 0 Å². The summed E-state index contributed by atoms with van der Waals surface area (Å²) in [4.78, 5) is 26.9. The van der Waals surface area contributed by atoms with E-state index in [1.165, 1.54) is 0 Å². The smallest absolute Gasteiger partial charge is 0.310 e. The largest absolute Gasteiger partial charge is 0.495 e. The quantitative estimate of drug-likeness (QED) is 0.800. The molecule has 0 aliphatic carbocycles. The van der Waals surface area contributed by atoms with Crippen LogP contribution in [0.5, 0.6) is 5.75 Å². The molecule has 0 radical (unpaired) electrons. The number of rotatable bonds is 6. The number of likely N-dealkylation sites (tertiary alicyclic amines) is 1. The molecule has 1 aliphatic heterocycles. The highest BCUT2D eigenvalue weighted by atomic mass is 16.5. The first-order valence-corrected chi connectivity index (χ1v) is 9.32. The van der Waals surface area contributed by atoms with Gasteiger partial charge >= 0.3 is 5.97 Å². The van der Waals surface area contributed by atoms with Crippen LogP contribution in [-0.2, 0) is 9.59 Å². The number of hydrogen-bond donors (Lipinski definition) is 2. The van der Waals surface area contributed by atoms with Crippen molar-refractivity contribution in [1.82, 2.24) is 4.90 Å². The molecule has 3 rings (SSSR count). The van der Waals surface area contributed by atoms with Crippen LogP contribution in [0.1, 0.15) is 30.5 Å². The van der Waals surface area contributed by atoms with E-state index < -0.39 is 17.4 Å². The van der Waals surface area contributed by atoms with E-state index in [-0.39, 0.29) is 5.91 Å². The molecule has 1 amide bonds. The molecule has 1 saturated heterocycles. The standard InChI is InChI=1S/C22H26N2O4/c1-15-9-10-18(28-3)17(13-15)23-20(25)19(16-7-5-4-6-8-16)24-12-11-22(2,14-24)21(26)27/h4-10,13,19H,11-12,14H2,1-3H3,(H,23,25)(H,26,27). The number of carbonyl (C=O) groups is 2. The molecule has 148 valence electrons. The highest BCUT2D eigenvalue weighted by molar-refractivity contribution is 5.97. The van der Waals surface area contributed by atoms with E-state index >= 15 is 0 Å². The maximum Gasteiger partial charge on any atom is 0.310 e. The summed E-state index contributed by atoms with van der Waals surface area (Å²) in [6, 6.07) is 14.5. The summed E-state index contributed by atoms with van der Waals surface area (Å²) in [6.45, 7) is 4.54. The van der Waals surface area contributed by atoms with Crippen molar-refractivity contribution in [3.63, 3.8) is 0 Å². The van der Waals surface area contributed by atoms with Gasteiger partial charge in [0.05, 0.1) is 18.2 Å². The highest BCUT2D eigenvalue weighted by Crippen LogP contribution is 2.36. The van der Waals surface area contributed by atoms with Gasteiger partial charge in [-0.3, -0.25) is 14.5 Å². The van der Waals surface area contributed by atoms with Gasteiger partial charge in [-0.25, -0.2) is 0 Å². The van der Waals surface area contributed by atoms with Crippen molar-refractivity contribution in [3.8, 4) is 5.75 Å². The first-order chi connectivity index (χ1) is 13.3. The zero-order valence-electron chi connectivity index (χ0n) is 16.4. The summed E-state index contributed by atoms with van der Waals surface area (Å²) in [7, 11) is 1.56. The topological polar surface area (TPSA) is 78.9 Å². The number of nitrogens with zero attached hydrogens (tertiary/aromatic N) is 1. The number of carboxylic acid groups (broad SMARTS) is 1. The molecule has 0 saturated carbocycles. The Morgan fingerprint density at radius 1 is 1.21 bits per heavy atom. The number of hydrogen-bond acceptors (Lipinski definition) is 4. The van der Waals surface area contributed by atoms with E-state index in [0.29, 0.717) is 30.9 Å². The molecule has 28 heavy (non-hydrogen) atoms. The Morgan fingerprint density at radius 2 is 1.93 bits per heavy atom. The summed E-state index contributed by atoms with van der Waals surface area (Å²) >= 11 is 0. The molecular formula is C22H26N2O4. The van der Waals surface area contributed by atoms with E-state index in [9.17, 15) is 14.7 Å². The number of benzene rings is 2. The van der Waals surface area contributed by atoms with Crippen molar-refractivity contribution >= 4 is 17.6 Å². The lowest BCUT2D eigenvalue weighted by atomic mass is 9.90. The molecular weight excluding hydrogens is 356 g/mol. The van der Waals surface area contributed by atoms with Crippen LogP contribution >= 0.6 is 0 Å². The van der Waals surface area contributed by atoms with Gasteiger partial charge in [-0.15, -0.1) is 0 Å². The average molecular weight is 382 g/mol. The van der Waals surface area contributed by atoms with E-state index in [1.807, 2.05) is 60.4 Å². The van der Waals surface area contributed by atoms with Crippen molar-refractivity contribution in [2.45, 2.75) is 26.3 Å². The Balaban J connectivity index is 1.91. The minimum Gasteiger partial charge on any atom is -0.495 e. The second-order valence-corrected chi connectivity index (χ2v) is 7.59. The van der Waals surface area contributed by atoms with Gasteiger partial charge in [0.2, 0.25) is 5.91 Å². The molecule has 2 atom stereocenters. The zero-order valence-corrected chi connectivity index (χ0v) is 16.4. The normalized spacial score (nSPS) is 20.5. The molecule has 0 spiro atoms. The van der Waals surface area contributed by atoms with Gasteiger partial charge < -0.3 is 15.2 Å². The summed E-state index contributed by atoms with van der Waals surface area (Å²) in [5.74, 6) is -0.449. The van der Waals surface area contributed by atoms with Crippen LogP contribution in [0.15, 0.2) is 48.5 Å². The Bertz CT molecular complexity index is 868. The van der Waals surface area contributed by atoms with Gasteiger partial charge in [-0.05, 0) is 43.5 Å². The van der Waals surface area contributed by atoms with Crippen LogP contribution < -0.4 is 10.1 Å². The summed E-state index contributed by atoms with van der Waals surface area (Å²) in [6.07, 6.45) is 0.507. The van der Waals surface area contributed by atoms with Crippen molar-refractivity contribution in [1.29, 1.82) is 0 Å². The fourth-order valence-electron chi connectivity index (χ4n) is 3.68. The van der Waals surface area contributed by atoms with Crippen LogP contribution in [-0.4, -0.2) is 42.1 Å². The maximum absolute atomic E-state index is 13.3. The van der Waals surface area contributed by atoms with Crippen molar-refractivity contribution in [3.05, 3.63) is 59.7 Å². The Morgan fingerprint density at radius 3 is 2.54 bits per heavy atom. The molecule has 2 aromatic carbocycles. The van der Waals surface area contributed by atoms with Gasteiger partial charge in [0.15, 0.2) is 0 Å². The average Bonchev–Trinajstić information content (AvgIpc) is 3.06. The van der Waals surface area contributed by atoms with Gasteiger partial charge in [0, 0.05) is 13.1 Å². The second kappa shape index (κ2) is 8.02. The number of amides is 1. The number of ether oxygens (including phenoxy) is 1. The number of anilines is 1. The summed E-state index contributed by atoms with van der Waals surface area (Å²) in [5.41, 5.74) is 1.59. The Hall–Kier alpha value is -2.86. The molecule has 1 fully saturated rings. The van der Waals surface area contributed by atoms with Gasteiger partial charge in [-0.1, -0.05) is 36.4 Å². The molecule has 1 aliphatic rings. The monoisotopic (exact) mass is 382 g/mol. The third-order valence-electron chi connectivity index (χ3n) is 5.36. The van der Waals surface area contributed by atoms with Crippen molar-refractivity contribution in [2.75, 3.05) is 25.5 Å². The van der Waals surface area contributed by atoms with Crippen molar-refractivity contribution in [2.24, 2.45) is 5.41 Å². The third-order valence-corrected chi connectivity index (χ3v) is 5.36. The van der Waals surface area contributed by atoms with Crippen molar-refractivity contribution < 1.29 is 19.4 Å². The van der Waals surface area contributed by atoms with Crippen LogP contribution in [0.2, 0.25) is 0 Å². The number of aliphatic carboxylic acids is 1. The zero-order chi connectivity index (χ0) is 20.3. The molecule has 6 heteroatoms. The summed E-state index contributed by atoms with van der Waals surface area (Å²) in [5, 5.41) is 12.6. The van der Waals surface area contributed by atoms with Crippen LogP contribution in [0.3, 0.4) is 0 Å². The number of carbonyl (C=O) groups excluding carboxylic acids is 1. The number of nitrogens with one attached hydrogen (secondary N) is 1. The lowest BCUT2D eigenvalue weighted by Crippen LogP contribution is -2.38. The Labute approximate surface area is 165 Å².